The molecule has 4 rings (SSSR count). The zero-order chi connectivity index (χ0) is 17.6. The molecule has 4 aromatic rings. The van der Waals surface area contributed by atoms with Crippen LogP contribution in [-0.4, -0.2) is 11.1 Å². The number of hydrogen-bond donors (Lipinski definition) is 1. The molecule has 0 atom stereocenters. The summed E-state index contributed by atoms with van der Waals surface area (Å²) in [4.78, 5) is 13.1. The molecule has 0 bridgehead atoms. The minimum Gasteiger partial charge on any atom is -0.478 e. The Kier molecular flexibility index (Phi) is 3.70. The Morgan fingerprint density at radius 1 is 0.920 bits per heavy atom. The van der Waals surface area contributed by atoms with Gasteiger partial charge in [-0.3, -0.25) is 0 Å². The van der Waals surface area contributed by atoms with Gasteiger partial charge in [-0.15, -0.1) is 11.3 Å². The van der Waals surface area contributed by atoms with Crippen LogP contribution in [0.1, 0.15) is 21.5 Å². The van der Waals surface area contributed by atoms with Crippen molar-refractivity contribution >= 4 is 28.3 Å². The van der Waals surface area contributed by atoms with Crippen molar-refractivity contribution in [1.82, 2.24) is 0 Å². The maximum absolute atomic E-state index is 11.0. The van der Waals surface area contributed by atoms with Crippen LogP contribution in [0, 0.1) is 13.8 Å². The van der Waals surface area contributed by atoms with E-state index in [1.807, 2.05) is 24.3 Å². The predicted octanol–water partition coefficient (Wildman–Crippen LogP) is 6.14. The first-order valence-corrected chi connectivity index (χ1v) is 8.78. The number of fused-ring (bicyclic) bond motifs is 1. The van der Waals surface area contributed by atoms with Gasteiger partial charge in [0.25, 0.3) is 0 Å². The number of carbonyl (C=O) groups is 1. The van der Waals surface area contributed by atoms with Gasteiger partial charge in [0.05, 0.1) is 10.4 Å². The average Bonchev–Trinajstić information content (AvgIpc) is 3.26. The highest BCUT2D eigenvalue weighted by Crippen LogP contribution is 2.38. The molecule has 0 radical (unpaired) electrons. The Morgan fingerprint density at radius 2 is 1.60 bits per heavy atom. The highest BCUT2D eigenvalue weighted by atomic mass is 32.1. The van der Waals surface area contributed by atoms with E-state index in [1.54, 1.807) is 23.5 Å². The van der Waals surface area contributed by atoms with Crippen LogP contribution < -0.4 is 0 Å². The second kappa shape index (κ2) is 5.90. The Labute approximate surface area is 149 Å². The van der Waals surface area contributed by atoms with Crippen molar-refractivity contribution in [1.29, 1.82) is 0 Å². The number of furan rings is 1. The lowest BCUT2D eigenvalue weighted by atomic mass is 10.1. The topological polar surface area (TPSA) is 50.4 Å². The highest BCUT2D eigenvalue weighted by molar-refractivity contribution is 7.18. The number of aromatic carboxylic acids is 1. The number of hydrogen-bond acceptors (Lipinski definition) is 3. The first-order chi connectivity index (χ1) is 12.0. The Morgan fingerprint density at radius 3 is 2.28 bits per heavy atom. The highest BCUT2D eigenvalue weighted by Gasteiger charge is 2.13. The van der Waals surface area contributed by atoms with Crippen LogP contribution in [-0.2, 0) is 0 Å². The smallest absolute Gasteiger partial charge is 0.335 e. The van der Waals surface area contributed by atoms with Gasteiger partial charge in [0.1, 0.15) is 11.3 Å². The first kappa shape index (κ1) is 15.7. The van der Waals surface area contributed by atoms with Gasteiger partial charge >= 0.3 is 5.97 Å². The molecule has 0 aliphatic heterocycles. The molecular formula is C21H16O3S. The van der Waals surface area contributed by atoms with Crippen LogP contribution in [0.2, 0.25) is 0 Å². The molecule has 0 unspecified atom stereocenters. The third-order valence-electron chi connectivity index (χ3n) is 4.36. The van der Waals surface area contributed by atoms with E-state index in [1.165, 1.54) is 5.56 Å². The summed E-state index contributed by atoms with van der Waals surface area (Å²) in [6.45, 7) is 4.14. The van der Waals surface area contributed by atoms with E-state index in [2.05, 4.69) is 32.0 Å². The number of rotatable bonds is 3. The monoisotopic (exact) mass is 348 g/mol. The molecule has 2 aromatic carbocycles. The molecule has 0 spiro atoms. The summed E-state index contributed by atoms with van der Waals surface area (Å²) in [6.07, 6.45) is 0. The molecular weight excluding hydrogens is 332 g/mol. The normalized spacial score (nSPS) is 11.1. The maximum atomic E-state index is 11.0. The molecule has 3 nitrogen and oxygen atoms in total. The van der Waals surface area contributed by atoms with Crippen LogP contribution in [0.5, 0.6) is 0 Å². The summed E-state index contributed by atoms with van der Waals surface area (Å²) in [6, 6.07) is 17.3. The number of carboxylic acid groups (broad SMARTS) is 1. The number of thiophene rings is 1. The molecule has 0 saturated carbocycles. The van der Waals surface area contributed by atoms with Gasteiger partial charge in [0, 0.05) is 10.3 Å². The van der Waals surface area contributed by atoms with Gasteiger partial charge in [-0.25, -0.2) is 4.79 Å². The van der Waals surface area contributed by atoms with Crippen molar-refractivity contribution in [2.75, 3.05) is 0 Å². The van der Waals surface area contributed by atoms with E-state index in [9.17, 15) is 4.79 Å². The minimum atomic E-state index is -0.911. The zero-order valence-electron chi connectivity index (χ0n) is 13.9. The third-order valence-corrected chi connectivity index (χ3v) is 5.51. The summed E-state index contributed by atoms with van der Waals surface area (Å²) < 4.78 is 6.10. The molecule has 2 heterocycles. The lowest BCUT2D eigenvalue weighted by Gasteiger charge is -1.98. The first-order valence-electron chi connectivity index (χ1n) is 7.96. The maximum Gasteiger partial charge on any atom is 0.335 e. The molecule has 2 aromatic heterocycles. The molecule has 0 amide bonds. The van der Waals surface area contributed by atoms with Crippen LogP contribution in [0.3, 0.4) is 0 Å². The van der Waals surface area contributed by atoms with Crippen LogP contribution >= 0.6 is 11.3 Å². The van der Waals surface area contributed by atoms with Gasteiger partial charge in [-0.2, -0.15) is 0 Å². The Balaban J connectivity index is 1.73. The molecule has 0 saturated heterocycles. The lowest BCUT2D eigenvalue weighted by molar-refractivity contribution is 0.0697. The Hall–Kier alpha value is -2.85. The fourth-order valence-electron chi connectivity index (χ4n) is 2.92. The molecule has 0 aliphatic carbocycles. The standard InChI is InChI=1S/C21H16O3S/c1-12-3-4-13(2)20-16(12)11-17(24-20)19-10-9-18(25-19)14-5-7-15(8-6-14)21(22)23/h3-11H,1-2H3,(H,22,23). The molecule has 124 valence electrons. The second-order valence-electron chi connectivity index (χ2n) is 6.10. The van der Waals surface area contributed by atoms with Gasteiger partial charge in [0.15, 0.2) is 0 Å². The van der Waals surface area contributed by atoms with Gasteiger partial charge in [0.2, 0.25) is 0 Å². The summed E-state index contributed by atoms with van der Waals surface area (Å²) in [5, 5.41) is 10.2. The molecule has 0 fully saturated rings. The summed E-state index contributed by atoms with van der Waals surface area (Å²) in [5.74, 6) is -0.0442. The quantitative estimate of drug-likeness (QED) is 0.483. The van der Waals surface area contributed by atoms with E-state index >= 15 is 0 Å². The van der Waals surface area contributed by atoms with Crippen molar-refractivity contribution < 1.29 is 14.3 Å². The van der Waals surface area contributed by atoms with E-state index in [0.717, 1.165) is 37.6 Å². The van der Waals surface area contributed by atoms with E-state index in [-0.39, 0.29) is 0 Å². The number of carboxylic acids is 1. The fraction of sp³-hybridized carbons (Fsp3) is 0.0952. The summed E-state index contributed by atoms with van der Waals surface area (Å²) in [5.41, 5.74) is 4.58. The van der Waals surface area contributed by atoms with E-state index < -0.39 is 5.97 Å². The molecule has 0 aliphatic rings. The second-order valence-corrected chi connectivity index (χ2v) is 7.18. The largest absolute Gasteiger partial charge is 0.478 e. The number of aryl methyl sites for hydroxylation is 2. The van der Waals surface area contributed by atoms with Crippen molar-refractivity contribution in [2.24, 2.45) is 0 Å². The lowest BCUT2D eigenvalue weighted by Crippen LogP contribution is -1.94. The van der Waals surface area contributed by atoms with Crippen LogP contribution in [0.4, 0.5) is 0 Å². The van der Waals surface area contributed by atoms with Gasteiger partial charge in [-0.1, -0.05) is 24.3 Å². The molecule has 4 heteroatoms. The average molecular weight is 348 g/mol. The fourth-order valence-corrected chi connectivity index (χ4v) is 3.88. The number of benzene rings is 2. The van der Waals surface area contributed by atoms with Crippen molar-refractivity contribution in [2.45, 2.75) is 13.8 Å². The molecule has 25 heavy (non-hydrogen) atoms. The van der Waals surface area contributed by atoms with Crippen molar-refractivity contribution in [3.05, 3.63) is 71.3 Å². The van der Waals surface area contributed by atoms with E-state index in [0.29, 0.717) is 5.56 Å². The predicted molar refractivity (Wildman–Crippen MR) is 101 cm³/mol. The Bertz CT molecular complexity index is 1050. The van der Waals surface area contributed by atoms with E-state index in [4.69, 9.17) is 9.52 Å². The van der Waals surface area contributed by atoms with Gasteiger partial charge < -0.3 is 9.52 Å². The van der Waals surface area contributed by atoms with Crippen molar-refractivity contribution in [3.8, 4) is 21.1 Å². The molecule has 1 N–H and O–H groups in total. The van der Waals surface area contributed by atoms with Crippen LogP contribution in [0.25, 0.3) is 32.0 Å². The minimum absolute atomic E-state index is 0.295. The third kappa shape index (κ3) is 2.75. The summed E-state index contributed by atoms with van der Waals surface area (Å²) >= 11 is 1.64. The SMILES string of the molecule is Cc1ccc(C)c2oc(-c3ccc(-c4ccc(C(=O)O)cc4)s3)cc12. The van der Waals surface area contributed by atoms with Gasteiger partial charge in [-0.05, 0) is 60.9 Å². The van der Waals surface area contributed by atoms with Crippen molar-refractivity contribution in [3.63, 3.8) is 0 Å². The van der Waals surface area contributed by atoms with Crippen LogP contribution in [0.15, 0.2) is 59.0 Å². The zero-order valence-corrected chi connectivity index (χ0v) is 14.7. The summed E-state index contributed by atoms with van der Waals surface area (Å²) in [7, 11) is 0.